The highest BCUT2D eigenvalue weighted by atomic mass is 35.5. The van der Waals surface area contributed by atoms with Gasteiger partial charge in [-0.1, -0.05) is 23.7 Å². The number of benzene rings is 1. The summed E-state index contributed by atoms with van der Waals surface area (Å²) >= 11 is 6.16. The van der Waals surface area contributed by atoms with Gasteiger partial charge in [0.15, 0.2) is 0 Å². The van der Waals surface area contributed by atoms with Gasteiger partial charge in [0.1, 0.15) is 11.5 Å². The molecular formula is C17H20ClNO2. The van der Waals surface area contributed by atoms with Gasteiger partial charge >= 0.3 is 0 Å². The second-order valence-corrected chi connectivity index (χ2v) is 5.90. The van der Waals surface area contributed by atoms with Crippen LogP contribution in [0.25, 0.3) is 11.3 Å². The van der Waals surface area contributed by atoms with Crippen LogP contribution < -0.4 is 5.32 Å². The minimum atomic E-state index is 0.357. The predicted octanol–water partition coefficient (Wildman–Crippen LogP) is 4.18. The summed E-state index contributed by atoms with van der Waals surface area (Å²) in [6.07, 6.45) is 2.68. The highest BCUT2D eigenvalue weighted by Gasteiger charge is 2.14. The Balaban J connectivity index is 1.58. The normalized spacial score (nSPS) is 18.3. The number of aryl methyl sites for hydroxylation is 1. The molecule has 0 radical (unpaired) electrons. The molecule has 1 aromatic carbocycles. The SMILES string of the molecule is Cc1ccc(-c2ccc(CNC[C@H]3CCCO3)o2)cc1Cl. The molecule has 0 bridgehead atoms. The van der Waals surface area contributed by atoms with Gasteiger partial charge < -0.3 is 14.5 Å². The zero-order valence-corrected chi connectivity index (χ0v) is 13.0. The molecule has 3 rings (SSSR count). The minimum Gasteiger partial charge on any atom is -0.460 e. The smallest absolute Gasteiger partial charge is 0.134 e. The molecule has 1 atom stereocenters. The molecule has 3 nitrogen and oxygen atoms in total. The molecule has 1 aliphatic rings. The van der Waals surface area contributed by atoms with Gasteiger partial charge in [-0.05, 0) is 43.5 Å². The van der Waals surface area contributed by atoms with Crippen molar-refractivity contribution in [1.29, 1.82) is 0 Å². The highest BCUT2D eigenvalue weighted by molar-refractivity contribution is 6.31. The largest absolute Gasteiger partial charge is 0.460 e. The zero-order valence-electron chi connectivity index (χ0n) is 12.2. The lowest BCUT2D eigenvalue weighted by Crippen LogP contribution is -2.25. The van der Waals surface area contributed by atoms with Crippen LogP contribution in [0.3, 0.4) is 0 Å². The highest BCUT2D eigenvalue weighted by Crippen LogP contribution is 2.26. The van der Waals surface area contributed by atoms with Crippen molar-refractivity contribution < 1.29 is 9.15 Å². The zero-order chi connectivity index (χ0) is 14.7. The van der Waals surface area contributed by atoms with Crippen molar-refractivity contribution in [2.75, 3.05) is 13.2 Å². The molecule has 0 aliphatic carbocycles. The second kappa shape index (κ2) is 6.65. The van der Waals surface area contributed by atoms with Crippen LogP contribution in [0.1, 0.15) is 24.2 Å². The van der Waals surface area contributed by atoms with E-state index in [1.54, 1.807) is 0 Å². The molecule has 2 heterocycles. The van der Waals surface area contributed by atoms with E-state index >= 15 is 0 Å². The van der Waals surface area contributed by atoms with Gasteiger partial charge in [-0.15, -0.1) is 0 Å². The lowest BCUT2D eigenvalue weighted by molar-refractivity contribution is 0.109. The quantitative estimate of drug-likeness (QED) is 0.900. The van der Waals surface area contributed by atoms with Crippen LogP contribution in [-0.2, 0) is 11.3 Å². The van der Waals surface area contributed by atoms with Crippen LogP contribution in [0.2, 0.25) is 5.02 Å². The van der Waals surface area contributed by atoms with E-state index in [-0.39, 0.29) is 0 Å². The fourth-order valence-electron chi connectivity index (χ4n) is 2.54. The molecule has 0 spiro atoms. The van der Waals surface area contributed by atoms with Crippen LogP contribution in [0, 0.1) is 6.92 Å². The maximum atomic E-state index is 6.16. The van der Waals surface area contributed by atoms with Crippen molar-refractivity contribution in [2.24, 2.45) is 0 Å². The minimum absolute atomic E-state index is 0.357. The fourth-order valence-corrected chi connectivity index (χ4v) is 2.72. The molecule has 112 valence electrons. The third-order valence-electron chi connectivity index (χ3n) is 3.81. The van der Waals surface area contributed by atoms with Crippen molar-refractivity contribution in [3.05, 3.63) is 46.7 Å². The molecule has 4 heteroatoms. The van der Waals surface area contributed by atoms with Gasteiger partial charge in [-0.3, -0.25) is 0 Å². The van der Waals surface area contributed by atoms with Gasteiger partial charge in [-0.2, -0.15) is 0 Å². The van der Waals surface area contributed by atoms with E-state index in [9.17, 15) is 0 Å². The number of hydrogen-bond acceptors (Lipinski definition) is 3. The van der Waals surface area contributed by atoms with E-state index in [0.717, 1.165) is 53.8 Å². The van der Waals surface area contributed by atoms with Crippen molar-refractivity contribution >= 4 is 11.6 Å². The standard InChI is InChI=1S/C17H20ClNO2/c1-12-4-5-13(9-16(12)18)17-7-6-15(21-17)11-19-10-14-3-2-8-20-14/h4-7,9,14,19H,2-3,8,10-11H2,1H3/t14-/m1/s1. The average molecular weight is 306 g/mol. The molecule has 1 saturated heterocycles. The summed E-state index contributed by atoms with van der Waals surface area (Å²) in [7, 11) is 0. The summed E-state index contributed by atoms with van der Waals surface area (Å²) in [5, 5.41) is 4.15. The summed E-state index contributed by atoms with van der Waals surface area (Å²) in [5.74, 6) is 1.78. The first-order valence-electron chi connectivity index (χ1n) is 7.40. The van der Waals surface area contributed by atoms with Crippen molar-refractivity contribution in [3.8, 4) is 11.3 Å². The van der Waals surface area contributed by atoms with Crippen LogP contribution in [-0.4, -0.2) is 19.3 Å². The van der Waals surface area contributed by atoms with Gasteiger partial charge in [-0.25, -0.2) is 0 Å². The Hall–Kier alpha value is -1.29. The second-order valence-electron chi connectivity index (χ2n) is 5.50. The van der Waals surface area contributed by atoms with E-state index in [1.807, 2.05) is 37.3 Å². The van der Waals surface area contributed by atoms with Gasteiger partial charge in [0.25, 0.3) is 0 Å². The maximum Gasteiger partial charge on any atom is 0.134 e. The summed E-state index contributed by atoms with van der Waals surface area (Å²) in [6, 6.07) is 9.98. The summed E-state index contributed by atoms with van der Waals surface area (Å²) in [5.41, 5.74) is 2.08. The predicted molar refractivity (Wildman–Crippen MR) is 84.6 cm³/mol. The molecule has 0 amide bonds. The lowest BCUT2D eigenvalue weighted by atomic mass is 10.1. The number of furan rings is 1. The monoisotopic (exact) mass is 305 g/mol. The number of nitrogens with one attached hydrogen (secondary N) is 1. The molecule has 1 fully saturated rings. The van der Waals surface area contributed by atoms with Crippen LogP contribution in [0.4, 0.5) is 0 Å². The van der Waals surface area contributed by atoms with Crippen LogP contribution >= 0.6 is 11.6 Å². The topological polar surface area (TPSA) is 34.4 Å². The van der Waals surface area contributed by atoms with E-state index in [0.29, 0.717) is 6.10 Å². The first kappa shape index (κ1) is 14.6. The molecule has 21 heavy (non-hydrogen) atoms. The Morgan fingerprint density at radius 2 is 2.19 bits per heavy atom. The van der Waals surface area contributed by atoms with Crippen LogP contribution in [0.5, 0.6) is 0 Å². The first-order valence-corrected chi connectivity index (χ1v) is 7.78. The maximum absolute atomic E-state index is 6.16. The third kappa shape index (κ3) is 3.67. The third-order valence-corrected chi connectivity index (χ3v) is 4.22. The van der Waals surface area contributed by atoms with Gasteiger partial charge in [0.2, 0.25) is 0 Å². The molecule has 2 aromatic rings. The molecule has 1 aliphatic heterocycles. The number of halogens is 1. The summed E-state index contributed by atoms with van der Waals surface area (Å²) in [4.78, 5) is 0. The molecule has 0 unspecified atom stereocenters. The first-order chi connectivity index (χ1) is 10.2. The molecule has 1 aromatic heterocycles. The average Bonchev–Trinajstić information content (AvgIpc) is 3.13. The Labute approximate surface area is 130 Å². The summed E-state index contributed by atoms with van der Waals surface area (Å²) in [6.45, 7) is 4.49. The molecular weight excluding hydrogens is 286 g/mol. The number of ether oxygens (including phenoxy) is 1. The van der Waals surface area contributed by atoms with Crippen molar-refractivity contribution in [3.63, 3.8) is 0 Å². The van der Waals surface area contributed by atoms with Crippen LogP contribution in [0.15, 0.2) is 34.7 Å². The number of rotatable bonds is 5. The summed E-state index contributed by atoms with van der Waals surface area (Å²) < 4.78 is 11.4. The van der Waals surface area contributed by atoms with E-state index in [1.165, 1.54) is 6.42 Å². The van der Waals surface area contributed by atoms with Gasteiger partial charge in [0, 0.05) is 23.7 Å². The Morgan fingerprint density at radius 3 is 2.95 bits per heavy atom. The Kier molecular flexibility index (Phi) is 4.63. The lowest BCUT2D eigenvalue weighted by Gasteiger charge is -2.09. The molecule has 1 N–H and O–H groups in total. The van der Waals surface area contributed by atoms with E-state index in [2.05, 4.69) is 5.32 Å². The van der Waals surface area contributed by atoms with Crippen molar-refractivity contribution in [1.82, 2.24) is 5.32 Å². The Morgan fingerprint density at radius 1 is 1.29 bits per heavy atom. The van der Waals surface area contributed by atoms with Crippen molar-refractivity contribution in [2.45, 2.75) is 32.4 Å². The number of hydrogen-bond donors (Lipinski definition) is 1. The fraction of sp³-hybridized carbons (Fsp3) is 0.412. The van der Waals surface area contributed by atoms with Gasteiger partial charge in [0.05, 0.1) is 12.6 Å². The molecule has 0 saturated carbocycles. The Bertz CT molecular complexity index is 603. The van der Waals surface area contributed by atoms with E-state index < -0.39 is 0 Å². The van der Waals surface area contributed by atoms with E-state index in [4.69, 9.17) is 20.8 Å².